The predicted octanol–water partition coefficient (Wildman–Crippen LogP) is 1.19. The van der Waals surface area contributed by atoms with E-state index in [4.69, 9.17) is 4.74 Å². The molecule has 1 aromatic carbocycles. The molecule has 1 saturated heterocycles. The van der Waals surface area contributed by atoms with Crippen LogP contribution < -0.4 is 5.32 Å². The highest BCUT2D eigenvalue weighted by atomic mass is 16.5. The second kappa shape index (κ2) is 7.25. The van der Waals surface area contributed by atoms with Crippen LogP contribution in [-0.2, 0) is 4.74 Å². The van der Waals surface area contributed by atoms with E-state index in [1.165, 1.54) is 0 Å². The first-order valence-corrected chi connectivity index (χ1v) is 6.93. The second-order valence-electron chi connectivity index (χ2n) is 5.03. The van der Waals surface area contributed by atoms with Crippen molar-refractivity contribution in [2.24, 2.45) is 0 Å². The lowest BCUT2D eigenvalue weighted by molar-refractivity contribution is 0.0383. The highest BCUT2D eigenvalue weighted by Gasteiger charge is 2.15. The molecule has 0 aliphatic carbocycles. The Bertz CT molecular complexity index is 478. The summed E-state index contributed by atoms with van der Waals surface area (Å²) < 4.78 is 5.30. The second-order valence-corrected chi connectivity index (χ2v) is 5.03. The summed E-state index contributed by atoms with van der Waals surface area (Å²) in [7, 11) is 0. The zero-order valence-electron chi connectivity index (χ0n) is 11.8. The smallest absolute Gasteiger partial charge is 0.124 e. The van der Waals surface area contributed by atoms with E-state index in [-0.39, 0.29) is 5.75 Å². The molecule has 1 unspecified atom stereocenters. The summed E-state index contributed by atoms with van der Waals surface area (Å²) in [5.41, 5.74) is 1.68. The van der Waals surface area contributed by atoms with E-state index in [2.05, 4.69) is 16.3 Å². The number of phenolic OH excluding ortho intramolecular Hbond substituents is 1. The number of aryl methyl sites for hydroxylation is 1. The van der Waals surface area contributed by atoms with Crippen LogP contribution in [0.25, 0.3) is 0 Å². The molecular weight excluding hydrogens is 254 g/mol. The number of phenols is 1. The molecule has 0 spiro atoms. The van der Waals surface area contributed by atoms with Gasteiger partial charge in [0.2, 0.25) is 0 Å². The Balaban J connectivity index is 1.89. The zero-order valence-corrected chi connectivity index (χ0v) is 11.8. The van der Waals surface area contributed by atoms with Gasteiger partial charge in [0.15, 0.2) is 0 Å². The van der Waals surface area contributed by atoms with Crippen LogP contribution in [0.3, 0.4) is 0 Å². The maximum Gasteiger partial charge on any atom is 0.124 e. The highest BCUT2D eigenvalue weighted by molar-refractivity contribution is 5.40. The Labute approximate surface area is 119 Å². The molecule has 1 aliphatic rings. The van der Waals surface area contributed by atoms with Crippen LogP contribution in [0, 0.1) is 18.3 Å². The van der Waals surface area contributed by atoms with Gasteiger partial charge in [0.05, 0.1) is 19.3 Å². The minimum atomic E-state index is -0.476. The number of hydrogen-bond acceptors (Lipinski definition) is 5. The number of nitrogens with zero attached hydrogens (tertiary/aromatic N) is 2. The SMILES string of the molecule is Cc1ccc(O)c(C(C#N)NCCN2CCOCC2)c1. The lowest BCUT2D eigenvalue weighted by Crippen LogP contribution is -2.40. The molecule has 2 N–H and O–H groups in total. The summed E-state index contributed by atoms with van der Waals surface area (Å²) in [6.07, 6.45) is 0. The van der Waals surface area contributed by atoms with E-state index in [9.17, 15) is 10.4 Å². The van der Waals surface area contributed by atoms with Crippen molar-refractivity contribution in [3.05, 3.63) is 29.3 Å². The third-order valence-electron chi connectivity index (χ3n) is 3.50. The maximum absolute atomic E-state index is 9.87. The molecular formula is C15H21N3O2. The van der Waals surface area contributed by atoms with Crippen molar-refractivity contribution < 1.29 is 9.84 Å². The molecule has 0 bridgehead atoms. The molecule has 0 amide bonds. The zero-order chi connectivity index (χ0) is 14.4. The van der Waals surface area contributed by atoms with Crippen LogP contribution in [0.2, 0.25) is 0 Å². The van der Waals surface area contributed by atoms with Crippen LogP contribution >= 0.6 is 0 Å². The number of nitrogens with one attached hydrogen (secondary N) is 1. The van der Waals surface area contributed by atoms with E-state index in [1.807, 2.05) is 19.1 Å². The summed E-state index contributed by atoms with van der Waals surface area (Å²) >= 11 is 0. The van der Waals surface area contributed by atoms with Gasteiger partial charge in [-0.05, 0) is 19.1 Å². The van der Waals surface area contributed by atoms with E-state index in [1.54, 1.807) is 6.07 Å². The van der Waals surface area contributed by atoms with E-state index in [0.29, 0.717) is 12.1 Å². The van der Waals surface area contributed by atoms with E-state index in [0.717, 1.165) is 38.4 Å². The molecule has 108 valence electrons. The fraction of sp³-hybridized carbons (Fsp3) is 0.533. The number of nitriles is 1. The van der Waals surface area contributed by atoms with Crippen molar-refractivity contribution in [2.45, 2.75) is 13.0 Å². The summed E-state index contributed by atoms with van der Waals surface area (Å²) in [5, 5.41) is 22.3. The van der Waals surface area contributed by atoms with Crippen molar-refractivity contribution in [1.29, 1.82) is 5.26 Å². The number of hydrogen-bond donors (Lipinski definition) is 2. The van der Waals surface area contributed by atoms with Crippen molar-refractivity contribution in [3.63, 3.8) is 0 Å². The number of aromatic hydroxyl groups is 1. The van der Waals surface area contributed by atoms with Gasteiger partial charge in [-0.15, -0.1) is 0 Å². The largest absolute Gasteiger partial charge is 0.508 e. The van der Waals surface area contributed by atoms with Gasteiger partial charge in [0.25, 0.3) is 0 Å². The van der Waals surface area contributed by atoms with Crippen molar-refractivity contribution in [3.8, 4) is 11.8 Å². The van der Waals surface area contributed by atoms with Gasteiger partial charge in [-0.3, -0.25) is 10.2 Å². The number of morpholine rings is 1. The summed E-state index contributed by atoms with van der Waals surface area (Å²) in [4.78, 5) is 2.31. The van der Waals surface area contributed by atoms with Crippen molar-refractivity contribution in [1.82, 2.24) is 10.2 Å². The van der Waals surface area contributed by atoms with Crippen LogP contribution in [0.15, 0.2) is 18.2 Å². The Morgan fingerprint density at radius 1 is 1.45 bits per heavy atom. The molecule has 1 aliphatic heterocycles. The molecule has 0 saturated carbocycles. The Kier molecular flexibility index (Phi) is 5.36. The van der Waals surface area contributed by atoms with Crippen LogP contribution in [0.4, 0.5) is 0 Å². The minimum absolute atomic E-state index is 0.168. The third kappa shape index (κ3) is 3.94. The van der Waals surface area contributed by atoms with Gasteiger partial charge < -0.3 is 9.84 Å². The average molecular weight is 275 g/mol. The summed E-state index contributed by atoms with van der Waals surface area (Å²) in [5.74, 6) is 0.168. The Morgan fingerprint density at radius 3 is 2.90 bits per heavy atom. The lowest BCUT2D eigenvalue weighted by atomic mass is 10.0. The van der Waals surface area contributed by atoms with E-state index >= 15 is 0 Å². The molecule has 20 heavy (non-hydrogen) atoms. The molecule has 5 nitrogen and oxygen atoms in total. The first-order valence-electron chi connectivity index (χ1n) is 6.93. The Hall–Kier alpha value is -1.61. The van der Waals surface area contributed by atoms with Gasteiger partial charge in [-0.1, -0.05) is 11.6 Å². The normalized spacial score (nSPS) is 17.6. The molecule has 1 heterocycles. The number of benzene rings is 1. The topological polar surface area (TPSA) is 68.5 Å². The molecule has 2 rings (SSSR count). The molecule has 1 fully saturated rings. The van der Waals surface area contributed by atoms with Crippen LogP contribution in [-0.4, -0.2) is 49.4 Å². The standard InChI is InChI=1S/C15H21N3O2/c1-12-2-3-15(19)13(10-12)14(11-16)17-4-5-18-6-8-20-9-7-18/h2-3,10,14,17,19H,4-9H2,1H3. The number of rotatable bonds is 5. The quantitative estimate of drug-likeness (QED) is 0.845. The number of ether oxygens (including phenoxy) is 1. The van der Waals surface area contributed by atoms with Gasteiger partial charge >= 0.3 is 0 Å². The molecule has 5 heteroatoms. The fourth-order valence-electron chi connectivity index (χ4n) is 2.32. The first kappa shape index (κ1) is 14.8. The van der Waals surface area contributed by atoms with Gasteiger partial charge in [-0.2, -0.15) is 5.26 Å². The Morgan fingerprint density at radius 2 is 2.20 bits per heavy atom. The maximum atomic E-state index is 9.87. The predicted molar refractivity (Wildman–Crippen MR) is 76.5 cm³/mol. The molecule has 0 radical (unpaired) electrons. The lowest BCUT2D eigenvalue weighted by Gasteiger charge is -2.27. The van der Waals surface area contributed by atoms with Gasteiger partial charge in [-0.25, -0.2) is 0 Å². The fourth-order valence-corrected chi connectivity index (χ4v) is 2.32. The molecule has 0 aromatic heterocycles. The van der Waals surface area contributed by atoms with Crippen molar-refractivity contribution >= 4 is 0 Å². The van der Waals surface area contributed by atoms with Crippen LogP contribution in [0.5, 0.6) is 5.75 Å². The average Bonchev–Trinajstić information content (AvgIpc) is 2.48. The van der Waals surface area contributed by atoms with Crippen LogP contribution in [0.1, 0.15) is 17.2 Å². The molecule has 1 atom stereocenters. The summed E-state index contributed by atoms with van der Waals surface area (Å²) in [6.45, 7) is 6.98. The highest BCUT2D eigenvalue weighted by Crippen LogP contribution is 2.24. The molecule has 1 aromatic rings. The van der Waals surface area contributed by atoms with Gasteiger partial charge in [0.1, 0.15) is 11.8 Å². The summed E-state index contributed by atoms with van der Waals surface area (Å²) in [6, 6.07) is 7.06. The van der Waals surface area contributed by atoms with E-state index < -0.39 is 6.04 Å². The first-order chi connectivity index (χ1) is 9.70. The third-order valence-corrected chi connectivity index (χ3v) is 3.50. The van der Waals surface area contributed by atoms with Gasteiger partial charge in [0, 0.05) is 31.7 Å². The minimum Gasteiger partial charge on any atom is -0.508 e. The monoisotopic (exact) mass is 275 g/mol. The van der Waals surface area contributed by atoms with Crippen molar-refractivity contribution in [2.75, 3.05) is 39.4 Å².